The Balaban J connectivity index is 1.13. The Kier molecular flexibility index (Phi) is 10.2. The fourth-order valence-electron chi connectivity index (χ4n) is 6.87. The highest BCUT2D eigenvalue weighted by atomic mass is 35.5. The molecule has 11 heteroatoms. The molecule has 1 aliphatic carbocycles. The molecule has 3 heterocycles. The first-order chi connectivity index (χ1) is 21.8. The van der Waals surface area contributed by atoms with Crippen LogP contribution in [-0.2, 0) is 20.7 Å². The molecule has 8 nitrogen and oxygen atoms in total. The van der Waals surface area contributed by atoms with E-state index in [1.54, 1.807) is 5.38 Å². The van der Waals surface area contributed by atoms with Gasteiger partial charge in [-0.25, -0.2) is 4.39 Å². The Bertz CT molecular complexity index is 1540. The molecule has 0 radical (unpaired) electrons. The summed E-state index contributed by atoms with van der Waals surface area (Å²) in [5.74, 6) is -1.01. The SMILES string of the molecule is CN1CCN([C@H]2C[C@@H](COC3CCC(C=O)CC3)N(C(=O)Cc3cc(Cl)c(NC(=O)c4csc5ccccc45)cc3F)C2)CC1. The Morgan fingerprint density at radius 3 is 2.62 bits per heavy atom. The highest BCUT2D eigenvalue weighted by Crippen LogP contribution is 2.32. The lowest BCUT2D eigenvalue weighted by molar-refractivity contribution is -0.133. The van der Waals surface area contributed by atoms with Crippen LogP contribution in [0.3, 0.4) is 0 Å². The van der Waals surface area contributed by atoms with Gasteiger partial charge in [-0.15, -0.1) is 11.3 Å². The topological polar surface area (TPSA) is 82.2 Å². The maximum Gasteiger partial charge on any atom is 0.257 e. The Morgan fingerprint density at radius 2 is 1.87 bits per heavy atom. The molecule has 2 amide bonds. The molecule has 2 saturated heterocycles. The lowest BCUT2D eigenvalue weighted by atomic mass is 9.88. The Hall–Kier alpha value is -2.89. The van der Waals surface area contributed by atoms with Crippen molar-refractivity contribution in [2.45, 2.75) is 56.7 Å². The molecule has 1 saturated carbocycles. The summed E-state index contributed by atoms with van der Waals surface area (Å²) in [5, 5.41) is 5.52. The number of benzene rings is 2. The Morgan fingerprint density at radius 1 is 1.11 bits per heavy atom. The summed E-state index contributed by atoms with van der Waals surface area (Å²) in [5.41, 5.74) is 0.858. The van der Waals surface area contributed by atoms with Crippen LogP contribution in [-0.4, -0.2) is 97.4 Å². The van der Waals surface area contributed by atoms with Gasteiger partial charge in [0.2, 0.25) is 5.91 Å². The third-order valence-corrected chi connectivity index (χ3v) is 10.9. The van der Waals surface area contributed by atoms with Crippen molar-refractivity contribution in [3.05, 3.63) is 63.7 Å². The number of carbonyl (C=O) groups excluding carboxylic acids is 3. The normalized spacial score (nSPS) is 24.6. The number of anilines is 1. The lowest BCUT2D eigenvalue weighted by Gasteiger charge is -2.36. The van der Waals surface area contributed by atoms with Crippen LogP contribution in [0.4, 0.5) is 10.1 Å². The number of thiophene rings is 1. The fourth-order valence-corrected chi connectivity index (χ4v) is 8.05. The average Bonchev–Trinajstić information content (AvgIpc) is 3.68. The van der Waals surface area contributed by atoms with Crippen LogP contribution in [0.25, 0.3) is 10.1 Å². The second kappa shape index (κ2) is 14.3. The predicted molar refractivity (Wildman–Crippen MR) is 176 cm³/mol. The molecule has 1 N–H and O–H groups in total. The minimum Gasteiger partial charge on any atom is -0.376 e. The number of fused-ring (bicyclic) bond motifs is 1. The van der Waals surface area contributed by atoms with E-state index in [1.165, 1.54) is 23.5 Å². The molecule has 0 spiro atoms. The standard InChI is InChI=1S/C34H40ClFN4O4S/c1-38-10-12-39(13-11-38)24-16-25(20-44-26-8-6-22(19-41)7-9-26)40(18-24)33(42)15-23-14-29(35)31(17-30(23)36)37-34(43)28-21-45-32-5-3-2-4-27(28)32/h2-5,14,17,19,21-22,24-26H,6-13,15-16,18,20H2,1H3,(H,37,43)/t22?,24-,25-,26?/m0/s1. The predicted octanol–water partition coefficient (Wildman–Crippen LogP) is 5.48. The van der Waals surface area contributed by atoms with E-state index in [4.69, 9.17) is 16.3 Å². The van der Waals surface area contributed by atoms with Gasteiger partial charge in [-0.05, 0) is 62.9 Å². The lowest BCUT2D eigenvalue weighted by Crippen LogP contribution is -2.50. The number of hydrogen-bond donors (Lipinski definition) is 1. The number of piperazine rings is 1. The van der Waals surface area contributed by atoms with Crippen molar-refractivity contribution in [1.82, 2.24) is 14.7 Å². The van der Waals surface area contributed by atoms with E-state index in [0.717, 1.165) is 74.7 Å². The van der Waals surface area contributed by atoms with E-state index in [0.29, 0.717) is 18.7 Å². The molecular weight excluding hydrogens is 615 g/mol. The van der Waals surface area contributed by atoms with Crippen molar-refractivity contribution in [1.29, 1.82) is 0 Å². The molecule has 2 aromatic carbocycles. The Labute approximate surface area is 272 Å². The van der Waals surface area contributed by atoms with Crippen LogP contribution in [0, 0.1) is 11.7 Å². The van der Waals surface area contributed by atoms with Gasteiger partial charge in [0.25, 0.3) is 5.91 Å². The first-order valence-electron chi connectivity index (χ1n) is 15.8. The van der Waals surface area contributed by atoms with Gasteiger partial charge in [0.1, 0.15) is 12.1 Å². The smallest absolute Gasteiger partial charge is 0.257 e. The van der Waals surface area contributed by atoms with Crippen LogP contribution < -0.4 is 5.32 Å². The molecule has 2 aliphatic heterocycles. The minimum absolute atomic E-state index is 0.0897. The van der Waals surface area contributed by atoms with Crippen LogP contribution in [0.5, 0.6) is 0 Å². The number of ether oxygens (including phenoxy) is 1. The zero-order chi connectivity index (χ0) is 31.5. The number of nitrogens with zero attached hydrogens (tertiary/aromatic N) is 3. The zero-order valence-electron chi connectivity index (χ0n) is 25.6. The highest BCUT2D eigenvalue weighted by molar-refractivity contribution is 7.17. The quantitative estimate of drug-likeness (QED) is 0.308. The number of rotatable bonds is 9. The summed E-state index contributed by atoms with van der Waals surface area (Å²) < 4.78 is 22.7. The van der Waals surface area contributed by atoms with Gasteiger partial charge in [0.05, 0.1) is 41.4 Å². The largest absolute Gasteiger partial charge is 0.376 e. The van der Waals surface area contributed by atoms with Gasteiger partial charge >= 0.3 is 0 Å². The summed E-state index contributed by atoms with van der Waals surface area (Å²) in [7, 11) is 2.12. The van der Waals surface area contributed by atoms with Crippen LogP contribution in [0.1, 0.15) is 48.0 Å². The van der Waals surface area contributed by atoms with Gasteiger partial charge < -0.3 is 24.6 Å². The van der Waals surface area contributed by atoms with Gasteiger partial charge in [-0.1, -0.05) is 29.8 Å². The zero-order valence-corrected chi connectivity index (χ0v) is 27.1. The minimum atomic E-state index is -0.590. The van der Waals surface area contributed by atoms with E-state index >= 15 is 4.39 Å². The molecule has 3 aromatic rings. The van der Waals surface area contributed by atoms with Crippen LogP contribution in [0.15, 0.2) is 41.8 Å². The molecule has 1 aromatic heterocycles. The molecule has 3 aliphatic rings. The van der Waals surface area contributed by atoms with Crippen molar-refractivity contribution in [2.24, 2.45) is 5.92 Å². The average molecular weight is 655 g/mol. The van der Waals surface area contributed by atoms with Gasteiger partial charge in [-0.3, -0.25) is 14.5 Å². The number of nitrogens with one attached hydrogen (secondary N) is 1. The van der Waals surface area contributed by atoms with E-state index in [9.17, 15) is 14.4 Å². The molecule has 45 heavy (non-hydrogen) atoms. The monoisotopic (exact) mass is 654 g/mol. The van der Waals surface area contributed by atoms with E-state index in [-0.39, 0.29) is 58.6 Å². The van der Waals surface area contributed by atoms with Crippen LogP contribution in [0.2, 0.25) is 5.02 Å². The number of halogens is 2. The number of amides is 2. The third-order valence-electron chi connectivity index (χ3n) is 9.65. The number of likely N-dealkylation sites (N-methyl/N-ethyl adjacent to an activating group) is 1. The van der Waals surface area contributed by atoms with E-state index < -0.39 is 5.82 Å². The number of hydrogen-bond acceptors (Lipinski definition) is 7. The van der Waals surface area contributed by atoms with Crippen molar-refractivity contribution in [3.8, 4) is 0 Å². The van der Waals surface area contributed by atoms with Gasteiger partial charge in [-0.2, -0.15) is 0 Å². The molecule has 240 valence electrons. The van der Waals surface area contributed by atoms with Gasteiger partial charge in [0, 0.05) is 60.1 Å². The molecule has 0 bridgehead atoms. The maximum absolute atomic E-state index is 15.4. The van der Waals surface area contributed by atoms with E-state index in [1.807, 2.05) is 29.2 Å². The summed E-state index contributed by atoms with van der Waals surface area (Å²) in [6.45, 7) is 4.88. The third kappa shape index (κ3) is 7.41. The maximum atomic E-state index is 15.4. The molecule has 0 unspecified atom stereocenters. The second-order valence-corrected chi connectivity index (χ2v) is 14.0. The number of aldehydes is 1. The van der Waals surface area contributed by atoms with Crippen molar-refractivity contribution < 1.29 is 23.5 Å². The molecule has 3 fully saturated rings. The first kappa shape index (κ1) is 32.1. The van der Waals surface area contributed by atoms with Gasteiger partial charge in [0.15, 0.2) is 0 Å². The first-order valence-corrected chi connectivity index (χ1v) is 17.1. The highest BCUT2D eigenvalue weighted by Gasteiger charge is 2.39. The molecular formula is C34H40ClFN4O4S. The van der Waals surface area contributed by atoms with Crippen molar-refractivity contribution >= 4 is 56.8 Å². The summed E-state index contributed by atoms with van der Waals surface area (Å²) >= 11 is 8.00. The number of likely N-dealkylation sites (tertiary alicyclic amines) is 1. The van der Waals surface area contributed by atoms with Crippen molar-refractivity contribution in [2.75, 3.05) is 51.7 Å². The molecule has 6 rings (SSSR count). The summed E-state index contributed by atoms with van der Waals surface area (Å²) in [6, 6.07) is 10.4. The number of carbonyl (C=O) groups is 3. The molecule has 2 atom stereocenters. The summed E-state index contributed by atoms with van der Waals surface area (Å²) in [6.07, 6.45) is 5.19. The fraction of sp³-hybridized carbons (Fsp3) is 0.500. The second-order valence-electron chi connectivity index (χ2n) is 12.6. The van der Waals surface area contributed by atoms with Crippen LogP contribution >= 0.6 is 22.9 Å². The van der Waals surface area contributed by atoms with E-state index in [2.05, 4.69) is 22.2 Å². The van der Waals surface area contributed by atoms with Crippen molar-refractivity contribution in [3.63, 3.8) is 0 Å². The summed E-state index contributed by atoms with van der Waals surface area (Å²) in [4.78, 5) is 44.6.